The first-order valence-electron chi connectivity index (χ1n) is 6.10. The number of piperidine rings is 1. The molecule has 98 valence electrons. The first kappa shape index (κ1) is 12.7. The Kier molecular flexibility index (Phi) is 3.41. The van der Waals surface area contributed by atoms with E-state index in [0.29, 0.717) is 24.3 Å². The topological polar surface area (TPSA) is 70.8 Å². The molecule has 2 heterocycles. The number of carbonyl (C=O) groups excluding carboxylic acids is 1. The van der Waals surface area contributed by atoms with Gasteiger partial charge in [0.15, 0.2) is 0 Å². The van der Waals surface area contributed by atoms with Gasteiger partial charge in [-0.25, -0.2) is 0 Å². The second-order valence-electron chi connectivity index (χ2n) is 4.72. The smallest absolute Gasteiger partial charge is 0.308 e. The summed E-state index contributed by atoms with van der Waals surface area (Å²) in [6, 6.07) is 1.35. The van der Waals surface area contributed by atoms with Gasteiger partial charge < -0.3 is 14.4 Å². The van der Waals surface area contributed by atoms with Crippen LogP contribution in [0.1, 0.15) is 35.9 Å². The first-order valence-corrected chi connectivity index (χ1v) is 6.10. The Balaban J connectivity index is 2.20. The fourth-order valence-electron chi connectivity index (χ4n) is 2.52. The fourth-order valence-corrected chi connectivity index (χ4v) is 2.52. The van der Waals surface area contributed by atoms with Crippen LogP contribution >= 0.6 is 0 Å². The molecule has 5 heteroatoms. The molecule has 0 aliphatic carbocycles. The minimum absolute atomic E-state index is 0.139. The second kappa shape index (κ2) is 4.84. The number of carbonyl (C=O) groups is 2. The third kappa shape index (κ3) is 2.12. The maximum Gasteiger partial charge on any atom is 0.308 e. The van der Waals surface area contributed by atoms with Gasteiger partial charge in [-0.3, -0.25) is 9.59 Å². The number of carboxylic acids is 1. The number of hydrogen-bond donors (Lipinski definition) is 1. The molecule has 2 atom stereocenters. The Bertz CT molecular complexity index is 465. The average molecular weight is 251 g/mol. The number of likely N-dealkylation sites (tertiary alicyclic amines) is 1. The van der Waals surface area contributed by atoms with Crippen LogP contribution in [0.15, 0.2) is 16.7 Å². The largest absolute Gasteiger partial charge is 0.481 e. The summed E-state index contributed by atoms with van der Waals surface area (Å²) in [6.45, 7) is 4.14. The SMILES string of the molecule is Cc1occc1C(=O)N1CCC[C@@H](C(=O)O)[C@H]1C. The van der Waals surface area contributed by atoms with Crippen LogP contribution in [0.4, 0.5) is 0 Å². The lowest BCUT2D eigenvalue weighted by atomic mass is 9.90. The number of amides is 1. The van der Waals surface area contributed by atoms with Gasteiger partial charge >= 0.3 is 5.97 Å². The molecule has 5 nitrogen and oxygen atoms in total. The molecule has 0 unspecified atom stereocenters. The average Bonchev–Trinajstić information content (AvgIpc) is 2.74. The quantitative estimate of drug-likeness (QED) is 0.871. The summed E-state index contributed by atoms with van der Waals surface area (Å²) >= 11 is 0. The molecule has 1 aromatic rings. The van der Waals surface area contributed by atoms with E-state index >= 15 is 0 Å². The number of aryl methyl sites for hydroxylation is 1. The minimum atomic E-state index is -0.830. The highest BCUT2D eigenvalue weighted by Crippen LogP contribution is 2.26. The van der Waals surface area contributed by atoms with Crippen molar-refractivity contribution >= 4 is 11.9 Å². The van der Waals surface area contributed by atoms with Crippen LogP contribution in [0, 0.1) is 12.8 Å². The van der Waals surface area contributed by atoms with Crippen LogP contribution in [0.5, 0.6) is 0 Å². The Morgan fingerprint density at radius 1 is 1.50 bits per heavy atom. The minimum Gasteiger partial charge on any atom is -0.481 e. The molecule has 1 aliphatic rings. The van der Waals surface area contributed by atoms with E-state index in [1.807, 2.05) is 0 Å². The number of hydrogen-bond acceptors (Lipinski definition) is 3. The van der Waals surface area contributed by atoms with Gasteiger partial charge in [-0.2, -0.15) is 0 Å². The molecule has 1 saturated heterocycles. The predicted molar refractivity (Wildman–Crippen MR) is 64.3 cm³/mol. The van der Waals surface area contributed by atoms with Gasteiger partial charge in [0.05, 0.1) is 17.7 Å². The summed E-state index contributed by atoms with van der Waals surface area (Å²) in [4.78, 5) is 25.1. The highest BCUT2D eigenvalue weighted by molar-refractivity contribution is 5.95. The van der Waals surface area contributed by atoms with Crippen molar-refractivity contribution < 1.29 is 19.1 Å². The van der Waals surface area contributed by atoms with Gasteiger partial charge in [-0.15, -0.1) is 0 Å². The molecule has 18 heavy (non-hydrogen) atoms. The van der Waals surface area contributed by atoms with Crippen LogP contribution in [0.25, 0.3) is 0 Å². The van der Waals surface area contributed by atoms with Gasteiger partial charge in [-0.1, -0.05) is 0 Å². The zero-order valence-electron chi connectivity index (χ0n) is 10.5. The summed E-state index contributed by atoms with van der Waals surface area (Å²) in [5.41, 5.74) is 0.521. The van der Waals surface area contributed by atoms with E-state index in [4.69, 9.17) is 9.52 Å². The molecule has 0 aromatic carbocycles. The number of aliphatic carboxylic acids is 1. The molecule has 1 aromatic heterocycles. The van der Waals surface area contributed by atoms with Crippen LogP contribution in [0.2, 0.25) is 0 Å². The highest BCUT2D eigenvalue weighted by Gasteiger charge is 2.36. The lowest BCUT2D eigenvalue weighted by Gasteiger charge is -2.37. The maximum atomic E-state index is 12.3. The highest BCUT2D eigenvalue weighted by atomic mass is 16.4. The van der Waals surface area contributed by atoms with Crippen LogP contribution in [-0.4, -0.2) is 34.5 Å². The molecular weight excluding hydrogens is 234 g/mol. The van der Waals surface area contributed by atoms with Crippen molar-refractivity contribution in [1.29, 1.82) is 0 Å². The van der Waals surface area contributed by atoms with E-state index in [2.05, 4.69) is 0 Å². The Morgan fingerprint density at radius 3 is 2.78 bits per heavy atom. The molecule has 1 fully saturated rings. The summed E-state index contributed by atoms with van der Waals surface area (Å²) in [5, 5.41) is 9.14. The number of furan rings is 1. The van der Waals surface area contributed by atoms with E-state index in [1.54, 1.807) is 24.8 Å². The van der Waals surface area contributed by atoms with Crippen molar-refractivity contribution in [3.8, 4) is 0 Å². The van der Waals surface area contributed by atoms with Crippen molar-refractivity contribution in [2.24, 2.45) is 5.92 Å². The van der Waals surface area contributed by atoms with E-state index in [0.717, 1.165) is 6.42 Å². The Hall–Kier alpha value is -1.78. The number of carboxylic acid groups (broad SMARTS) is 1. The van der Waals surface area contributed by atoms with E-state index in [9.17, 15) is 9.59 Å². The summed E-state index contributed by atoms with van der Waals surface area (Å²) in [7, 11) is 0. The van der Waals surface area contributed by atoms with E-state index in [-0.39, 0.29) is 11.9 Å². The molecule has 2 rings (SSSR count). The van der Waals surface area contributed by atoms with Crippen molar-refractivity contribution in [1.82, 2.24) is 4.90 Å². The molecule has 0 spiro atoms. The van der Waals surface area contributed by atoms with Crippen molar-refractivity contribution in [2.75, 3.05) is 6.54 Å². The zero-order chi connectivity index (χ0) is 13.3. The van der Waals surface area contributed by atoms with Crippen LogP contribution < -0.4 is 0 Å². The molecule has 1 amide bonds. The predicted octanol–water partition coefficient (Wildman–Crippen LogP) is 1.91. The van der Waals surface area contributed by atoms with Crippen LogP contribution in [-0.2, 0) is 4.79 Å². The first-order chi connectivity index (χ1) is 8.52. The number of nitrogens with zero attached hydrogens (tertiary/aromatic N) is 1. The summed E-state index contributed by atoms with van der Waals surface area (Å²) in [5.74, 6) is -0.872. The molecule has 1 aliphatic heterocycles. The van der Waals surface area contributed by atoms with Crippen molar-refractivity contribution in [2.45, 2.75) is 32.7 Å². The molecular formula is C13H17NO4. The lowest BCUT2D eigenvalue weighted by molar-refractivity contribution is -0.144. The molecule has 0 saturated carbocycles. The van der Waals surface area contributed by atoms with E-state index < -0.39 is 11.9 Å². The van der Waals surface area contributed by atoms with Gasteiger partial charge in [-0.05, 0) is 32.8 Å². The summed E-state index contributed by atoms with van der Waals surface area (Å²) < 4.78 is 5.12. The van der Waals surface area contributed by atoms with Crippen LogP contribution in [0.3, 0.4) is 0 Å². The third-order valence-corrected chi connectivity index (χ3v) is 3.66. The standard InChI is InChI=1S/C13H17NO4/c1-8-10(13(16)17)4-3-6-14(8)12(15)11-5-7-18-9(11)2/h5,7-8,10H,3-4,6H2,1-2H3,(H,16,17)/t8-,10-/m1/s1. The second-order valence-corrected chi connectivity index (χ2v) is 4.72. The van der Waals surface area contributed by atoms with E-state index in [1.165, 1.54) is 6.26 Å². The van der Waals surface area contributed by atoms with Crippen molar-refractivity contribution in [3.63, 3.8) is 0 Å². The number of rotatable bonds is 2. The van der Waals surface area contributed by atoms with Gasteiger partial charge in [0, 0.05) is 12.6 Å². The van der Waals surface area contributed by atoms with Crippen molar-refractivity contribution in [3.05, 3.63) is 23.7 Å². The Morgan fingerprint density at radius 2 is 2.22 bits per heavy atom. The summed E-state index contributed by atoms with van der Waals surface area (Å²) in [6.07, 6.45) is 2.83. The van der Waals surface area contributed by atoms with Gasteiger partial charge in [0.1, 0.15) is 5.76 Å². The van der Waals surface area contributed by atoms with Gasteiger partial charge in [0.25, 0.3) is 5.91 Å². The van der Waals surface area contributed by atoms with Gasteiger partial charge in [0.2, 0.25) is 0 Å². The third-order valence-electron chi connectivity index (χ3n) is 3.66. The molecule has 0 radical (unpaired) electrons. The lowest BCUT2D eigenvalue weighted by Crippen LogP contribution is -2.49. The molecule has 0 bridgehead atoms. The monoisotopic (exact) mass is 251 g/mol. The maximum absolute atomic E-state index is 12.3. The molecule has 1 N–H and O–H groups in total. The zero-order valence-corrected chi connectivity index (χ0v) is 10.5. The Labute approximate surface area is 105 Å². The fraction of sp³-hybridized carbons (Fsp3) is 0.538. The normalized spacial score (nSPS) is 24.0.